The van der Waals surface area contributed by atoms with E-state index in [2.05, 4.69) is 152 Å². The van der Waals surface area contributed by atoms with Crippen LogP contribution in [0.3, 0.4) is 0 Å². The predicted octanol–water partition coefficient (Wildman–Crippen LogP) is 9.25. The lowest BCUT2D eigenvalue weighted by molar-refractivity contribution is -0.488. The first-order valence-corrected chi connectivity index (χ1v) is 14.6. The summed E-state index contributed by atoms with van der Waals surface area (Å²) in [7, 11) is 0. The van der Waals surface area contributed by atoms with Crippen molar-refractivity contribution in [2.24, 2.45) is 0 Å². The lowest BCUT2D eigenvalue weighted by Gasteiger charge is -2.17. The zero-order valence-electron chi connectivity index (χ0n) is 24.3. The molecule has 0 radical (unpaired) electrons. The van der Waals surface area contributed by atoms with E-state index in [1.54, 1.807) is 0 Å². The third-order valence-electron chi connectivity index (χ3n) is 8.60. The van der Waals surface area contributed by atoms with Crippen molar-refractivity contribution in [1.29, 1.82) is 0 Å². The molecule has 3 nitrogen and oxygen atoms in total. The topological polar surface area (TPSA) is 21.3 Å². The Morgan fingerprint density at radius 1 is 0.500 bits per heavy atom. The number of benzene rings is 4. The Hall–Kier alpha value is -5.02. The van der Waals surface area contributed by atoms with E-state index < -0.39 is 0 Å². The maximum Gasteiger partial charge on any atom is 0.228 e. The van der Waals surface area contributed by atoms with Crippen LogP contribution in [0.15, 0.2) is 126 Å². The summed E-state index contributed by atoms with van der Waals surface area (Å²) in [6, 6.07) is 39.4. The largest absolute Gasteiger partial charge is 0.456 e. The SMILES string of the molecule is Cc1ccc2c3ccccc3[n+]3ccc(C(C)(C)C)cc3c3cc4c(cc3[n+]2c1)oc1ccccc1c1ccccc41. The average molecular weight is 545 g/mol. The minimum Gasteiger partial charge on any atom is -0.456 e. The molecule has 42 heavy (non-hydrogen) atoms. The van der Waals surface area contributed by atoms with Crippen LogP contribution in [0.4, 0.5) is 0 Å². The van der Waals surface area contributed by atoms with Crippen LogP contribution < -0.4 is 8.80 Å². The van der Waals surface area contributed by atoms with E-state index in [4.69, 9.17) is 4.42 Å². The summed E-state index contributed by atoms with van der Waals surface area (Å²) in [5.41, 5.74) is 8.79. The average Bonchev–Trinajstić information content (AvgIpc) is 3.13. The first-order chi connectivity index (χ1) is 20.4. The van der Waals surface area contributed by atoms with Gasteiger partial charge in [0.1, 0.15) is 21.9 Å². The quantitative estimate of drug-likeness (QED) is 0.174. The molecule has 202 valence electrons. The standard InChI is InChI=1S/C39H32N2O/c1-25-17-18-34-30-14-7-9-15-33(30)40-20-19-26(39(2,3)4)21-35(40)32-22-31-28-12-6-5-11-27(28)29-13-8-10-16-37(29)42-38(31)23-36(32)41(34)24-25/h5-24H,1-4H3/q+2. The molecule has 0 bridgehead atoms. The highest BCUT2D eigenvalue weighted by Gasteiger charge is 2.24. The van der Waals surface area contributed by atoms with Crippen LogP contribution in [0.1, 0.15) is 31.9 Å². The fraction of sp³-hybridized carbons (Fsp3) is 0.128. The predicted molar refractivity (Wildman–Crippen MR) is 174 cm³/mol. The summed E-state index contributed by atoms with van der Waals surface area (Å²) in [5, 5.41) is 6.91. The molecule has 0 saturated carbocycles. The molecule has 4 aromatic heterocycles. The Bertz CT molecular complexity index is 2460. The molecule has 3 heteroatoms. The van der Waals surface area contributed by atoms with Gasteiger partial charge in [-0.25, -0.2) is 0 Å². The second kappa shape index (κ2) is 8.99. The molecule has 0 aliphatic rings. The Labute approximate surface area is 244 Å². The molecule has 8 rings (SSSR count). The highest BCUT2D eigenvalue weighted by molar-refractivity contribution is 6.16. The fourth-order valence-electron chi connectivity index (χ4n) is 6.43. The van der Waals surface area contributed by atoms with E-state index in [0.717, 1.165) is 49.4 Å². The number of rotatable bonds is 0. The van der Waals surface area contributed by atoms with Crippen molar-refractivity contribution in [3.63, 3.8) is 0 Å². The molecule has 8 aromatic rings. The summed E-state index contributed by atoms with van der Waals surface area (Å²) >= 11 is 0. The second-order valence-corrected chi connectivity index (χ2v) is 12.4. The summed E-state index contributed by atoms with van der Waals surface area (Å²) in [6.07, 6.45) is 4.49. The highest BCUT2D eigenvalue weighted by atomic mass is 16.3. The lowest BCUT2D eigenvalue weighted by Crippen LogP contribution is -2.28. The Morgan fingerprint density at radius 3 is 1.93 bits per heavy atom. The molecule has 0 amide bonds. The second-order valence-electron chi connectivity index (χ2n) is 12.4. The van der Waals surface area contributed by atoms with Gasteiger partial charge in [0.2, 0.25) is 22.1 Å². The zero-order chi connectivity index (χ0) is 28.6. The van der Waals surface area contributed by atoms with Gasteiger partial charge >= 0.3 is 0 Å². The van der Waals surface area contributed by atoms with Gasteiger partial charge in [0.05, 0.1) is 6.07 Å². The van der Waals surface area contributed by atoms with E-state index in [1.807, 2.05) is 6.07 Å². The van der Waals surface area contributed by atoms with Gasteiger partial charge in [0.25, 0.3) is 0 Å². The minimum absolute atomic E-state index is 0.00230. The third-order valence-corrected chi connectivity index (χ3v) is 8.60. The third kappa shape index (κ3) is 3.74. The number of pyridine rings is 2. The van der Waals surface area contributed by atoms with Gasteiger partial charge in [-0.05, 0) is 52.9 Å². The van der Waals surface area contributed by atoms with Crippen LogP contribution in [0.2, 0.25) is 0 Å². The van der Waals surface area contributed by atoms with Crippen molar-refractivity contribution in [2.75, 3.05) is 0 Å². The smallest absolute Gasteiger partial charge is 0.228 e. The molecule has 0 spiro atoms. The summed E-state index contributed by atoms with van der Waals surface area (Å²) in [6.45, 7) is 9.00. The van der Waals surface area contributed by atoms with Crippen LogP contribution >= 0.6 is 0 Å². The number of aryl methyl sites for hydroxylation is 1. The van der Waals surface area contributed by atoms with Gasteiger partial charge in [-0.1, -0.05) is 75.4 Å². The molecular weight excluding hydrogens is 512 g/mol. The number of para-hydroxylation sites is 2. The van der Waals surface area contributed by atoms with Crippen molar-refractivity contribution < 1.29 is 13.2 Å². The van der Waals surface area contributed by atoms with E-state index >= 15 is 0 Å². The fourth-order valence-corrected chi connectivity index (χ4v) is 6.43. The van der Waals surface area contributed by atoms with Crippen molar-refractivity contribution in [2.45, 2.75) is 33.1 Å². The van der Waals surface area contributed by atoms with Crippen LogP contribution in [0, 0.1) is 6.92 Å². The van der Waals surface area contributed by atoms with Gasteiger partial charge in [0.15, 0.2) is 12.4 Å². The monoisotopic (exact) mass is 544 g/mol. The molecule has 0 aliphatic heterocycles. The Kier molecular flexibility index (Phi) is 5.30. The van der Waals surface area contributed by atoms with Crippen LogP contribution in [-0.2, 0) is 5.41 Å². The minimum atomic E-state index is 0.00230. The van der Waals surface area contributed by atoms with Crippen molar-refractivity contribution in [3.05, 3.63) is 133 Å². The van der Waals surface area contributed by atoms with Gasteiger partial charge in [-0.15, -0.1) is 0 Å². The highest BCUT2D eigenvalue weighted by Crippen LogP contribution is 2.34. The molecule has 0 saturated heterocycles. The van der Waals surface area contributed by atoms with E-state index in [1.165, 1.54) is 27.3 Å². The van der Waals surface area contributed by atoms with Gasteiger partial charge in [-0.3, -0.25) is 0 Å². The maximum atomic E-state index is 6.78. The molecule has 0 aliphatic carbocycles. The van der Waals surface area contributed by atoms with E-state index in [9.17, 15) is 0 Å². The first kappa shape index (κ1) is 24.8. The number of fused-ring (bicyclic) bond motifs is 13. The first-order valence-electron chi connectivity index (χ1n) is 14.6. The summed E-state index contributed by atoms with van der Waals surface area (Å²) in [5.74, 6) is 0. The number of hydrogen-bond acceptors (Lipinski definition) is 1. The number of hydrogen-bond donors (Lipinski definition) is 0. The van der Waals surface area contributed by atoms with Crippen molar-refractivity contribution >= 4 is 65.6 Å². The molecule has 0 atom stereocenters. The van der Waals surface area contributed by atoms with Crippen molar-refractivity contribution in [3.8, 4) is 0 Å². The van der Waals surface area contributed by atoms with E-state index in [-0.39, 0.29) is 5.41 Å². The molecular formula is C39H32N2O+2. The van der Waals surface area contributed by atoms with E-state index in [0.29, 0.717) is 0 Å². The Morgan fingerprint density at radius 2 is 1.14 bits per heavy atom. The lowest BCUT2D eigenvalue weighted by atomic mass is 9.87. The van der Waals surface area contributed by atoms with Crippen molar-refractivity contribution in [1.82, 2.24) is 0 Å². The summed E-state index contributed by atoms with van der Waals surface area (Å²) in [4.78, 5) is 0. The molecule has 4 aromatic carbocycles. The van der Waals surface area contributed by atoms with Gasteiger partial charge < -0.3 is 4.42 Å². The van der Waals surface area contributed by atoms with Gasteiger partial charge in [0, 0.05) is 40.6 Å². The van der Waals surface area contributed by atoms with Crippen LogP contribution in [-0.4, -0.2) is 0 Å². The summed E-state index contributed by atoms with van der Waals surface area (Å²) < 4.78 is 11.5. The Balaban J connectivity index is 1.75. The zero-order valence-corrected chi connectivity index (χ0v) is 24.3. The molecule has 0 N–H and O–H groups in total. The van der Waals surface area contributed by atoms with Crippen LogP contribution in [0.5, 0.6) is 0 Å². The normalized spacial score (nSPS) is 12.3. The molecule has 4 heterocycles. The van der Waals surface area contributed by atoms with Crippen LogP contribution in [0.25, 0.3) is 65.6 Å². The van der Waals surface area contributed by atoms with Gasteiger partial charge in [-0.2, -0.15) is 8.80 Å². The molecule has 0 unspecified atom stereocenters. The number of aromatic nitrogens is 2. The number of nitrogens with zero attached hydrogens (tertiary/aromatic N) is 2. The molecule has 0 fully saturated rings. The maximum absolute atomic E-state index is 6.78.